The highest BCUT2D eigenvalue weighted by Gasteiger charge is 2.30. The van der Waals surface area contributed by atoms with E-state index < -0.39 is 96.7 Å². The van der Waals surface area contributed by atoms with Crippen LogP contribution < -0.4 is 60.2 Å². The van der Waals surface area contributed by atoms with Crippen molar-refractivity contribution in [1.29, 1.82) is 0 Å². The number of nitrogens with zero attached hydrogens (tertiary/aromatic N) is 1. The molecule has 57 heavy (non-hydrogen) atoms. The van der Waals surface area contributed by atoms with Gasteiger partial charge in [0, 0.05) is 18.1 Å². The molecular weight excluding hydrogens is 805 g/mol. The molecule has 0 spiro atoms. The van der Waals surface area contributed by atoms with Crippen LogP contribution in [0, 0.1) is 5.92 Å². The van der Waals surface area contributed by atoms with Crippen LogP contribution in [0.1, 0.15) is 58.8 Å². The number of amides is 7. The molecule has 0 saturated carbocycles. The third-order valence-corrected chi connectivity index (χ3v) is 9.36. The maximum absolute atomic E-state index is 13.3. The summed E-state index contributed by atoms with van der Waals surface area (Å²) >= 11 is 9.40. The van der Waals surface area contributed by atoms with Crippen LogP contribution in [-0.2, 0) is 38.4 Å². The molecule has 0 fully saturated rings. The molecule has 326 valence electrons. The van der Waals surface area contributed by atoms with Gasteiger partial charge in [-0.2, -0.15) is 37.0 Å². The number of aliphatic carboxylic acids is 1. The van der Waals surface area contributed by atoms with Gasteiger partial charge in [0.05, 0.1) is 19.1 Å². The van der Waals surface area contributed by atoms with Gasteiger partial charge < -0.3 is 65.3 Å². The smallest absolute Gasteiger partial charge is 0.327 e. The molecule has 0 bridgehead atoms. The van der Waals surface area contributed by atoms with Crippen molar-refractivity contribution >= 4 is 90.3 Å². The van der Waals surface area contributed by atoms with Gasteiger partial charge in [0.15, 0.2) is 5.96 Å². The Morgan fingerprint density at radius 1 is 0.667 bits per heavy atom. The molecular formula is C33H62N12O9S3. The van der Waals surface area contributed by atoms with E-state index in [0.29, 0.717) is 25.1 Å². The van der Waals surface area contributed by atoms with E-state index in [-0.39, 0.29) is 62.0 Å². The monoisotopic (exact) mass is 866 g/mol. The fourth-order valence-corrected chi connectivity index (χ4v) is 5.79. The standard InChI is InChI=1S/C33H62N12O9S3/c1-18(2)13-23(31(52)45-24(17-56)32(53)54)42-26(47)15-39-28(49)20(7-4-5-10-34)41-25(46)14-40-29(50)21(8-6-11-38-33(36)37)44-30(51)22(9-12-57-3)43-27(48)19(35)16-55/h18-24,55-56H,4-17,34-35H2,1-3H3,(H,39,49)(H,40,50)(H,41,46)(H,42,47)(H,43,48)(H,44,51)(H,45,52)(H,53,54)(H4,36,37,38)/t19-,20-,21-,22-,23-,24-/m0/s1. The zero-order chi connectivity index (χ0) is 43.5. The summed E-state index contributed by atoms with van der Waals surface area (Å²) in [6.45, 7) is 2.89. The molecule has 0 aliphatic heterocycles. The fraction of sp³-hybridized carbons (Fsp3) is 0.727. The number of carbonyl (C=O) groups excluding carboxylic acids is 7. The Bertz CT molecular complexity index is 1360. The lowest BCUT2D eigenvalue weighted by Crippen LogP contribution is -2.57. The Hall–Kier alpha value is -4.00. The molecule has 0 aromatic rings. The van der Waals surface area contributed by atoms with Crippen molar-refractivity contribution in [3.63, 3.8) is 0 Å². The van der Waals surface area contributed by atoms with Crippen LogP contribution in [0.15, 0.2) is 4.99 Å². The van der Waals surface area contributed by atoms with Crippen LogP contribution >= 0.6 is 37.0 Å². The summed E-state index contributed by atoms with van der Waals surface area (Å²) in [4.78, 5) is 106. The number of carboxylic acid groups (broad SMARTS) is 1. The molecule has 0 rings (SSSR count). The van der Waals surface area contributed by atoms with Crippen molar-refractivity contribution in [2.24, 2.45) is 33.8 Å². The molecule has 0 aliphatic carbocycles. The van der Waals surface area contributed by atoms with E-state index in [0.717, 1.165) is 0 Å². The number of hydrogen-bond donors (Lipinski definition) is 14. The summed E-state index contributed by atoms with van der Waals surface area (Å²) in [6.07, 6.45) is 3.62. The SMILES string of the molecule is CSCC[C@H](NC(=O)[C@@H](N)CS)C(=O)N[C@@H](CCCN=C(N)N)C(=O)NCC(=O)N[C@@H](CCCCN)C(=O)NCC(=O)N[C@@H](CC(C)C)C(=O)N[C@@H](CS)C(=O)O. The minimum Gasteiger partial charge on any atom is -0.480 e. The molecule has 0 saturated heterocycles. The average molecular weight is 867 g/mol. The summed E-state index contributed by atoms with van der Waals surface area (Å²) in [7, 11) is 0. The topological polar surface area (TPSA) is 357 Å². The first-order valence-corrected chi connectivity index (χ1v) is 21.1. The summed E-state index contributed by atoms with van der Waals surface area (Å²) in [5.74, 6) is -6.11. The predicted octanol–water partition coefficient (Wildman–Crippen LogP) is -4.10. The van der Waals surface area contributed by atoms with E-state index in [2.05, 4.69) is 67.5 Å². The minimum absolute atomic E-state index is 0.0412. The lowest BCUT2D eigenvalue weighted by molar-refractivity contribution is -0.141. The molecule has 16 N–H and O–H groups in total. The van der Waals surface area contributed by atoms with Gasteiger partial charge in [-0.15, -0.1) is 0 Å². The van der Waals surface area contributed by atoms with Gasteiger partial charge in [0.1, 0.15) is 30.2 Å². The predicted molar refractivity (Wildman–Crippen MR) is 224 cm³/mol. The lowest BCUT2D eigenvalue weighted by atomic mass is 10.0. The van der Waals surface area contributed by atoms with E-state index in [9.17, 15) is 43.5 Å². The Morgan fingerprint density at radius 3 is 1.65 bits per heavy atom. The van der Waals surface area contributed by atoms with Crippen LogP contribution in [-0.4, -0.2) is 144 Å². The number of guanidine groups is 1. The summed E-state index contributed by atoms with van der Waals surface area (Å²) in [6, 6.07) is -6.69. The first kappa shape index (κ1) is 53.0. The van der Waals surface area contributed by atoms with Crippen molar-refractivity contribution in [3.8, 4) is 0 Å². The van der Waals surface area contributed by atoms with E-state index >= 15 is 0 Å². The van der Waals surface area contributed by atoms with E-state index in [4.69, 9.17) is 22.9 Å². The van der Waals surface area contributed by atoms with Gasteiger partial charge in [-0.3, -0.25) is 38.6 Å². The average Bonchev–Trinajstić information content (AvgIpc) is 3.15. The van der Waals surface area contributed by atoms with Crippen LogP contribution in [0.25, 0.3) is 0 Å². The molecule has 0 unspecified atom stereocenters. The molecule has 0 radical (unpaired) electrons. The quantitative estimate of drug-likeness (QED) is 0.0141. The van der Waals surface area contributed by atoms with Crippen LogP contribution in [0.5, 0.6) is 0 Å². The maximum atomic E-state index is 13.3. The third-order valence-electron chi connectivity index (χ3n) is 7.96. The highest BCUT2D eigenvalue weighted by molar-refractivity contribution is 7.98. The molecule has 24 heteroatoms. The fourth-order valence-electron chi connectivity index (χ4n) is 4.91. The van der Waals surface area contributed by atoms with Crippen LogP contribution in [0.2, 0.25) is 0 Å². The second-order valence-corrected chi connectivity index (χ2v) is 15.0. The van der Waals surface area contributed by atoms with Gasteiger partial charge in [0.2, 0.25) is 41.4 Å². The van der Waals surface area contributed by atoms with Gasteiger partial charge in [-0.05, 0) is 69.4 Å². The zero-order valence-corrected chi connectivity index (χ0v) is 35.3. The number of aliphatic imine (C=N–C) groups is 1. The summed E-state index contributed by atoms with van der Waals surface area (Å²) < 4.78 is 0. The number of thiol groups is 2. The largest absolute Gasteiger partial charge is 0.480 e. The molecule has 0 heterocycles. The zero-order valence-electron chi connectivity index (χ0n) is 32.7. The van der Waals surface area contributed by atoms with E-state index in [1.807, 2.05) is 6.26 Å². The van der Waals surface area contributed by atoms with Gasteiger partial charge >= 0.3 is 5.97 Å². The van der Waals surface area contributed by atoms with Crippen molar-refractivity contribution in [3.05, 3.63) is 0 Å². The molecule has 6 atom stereocenters. The van der Waals surface area contributed by atoms with Crippen LogP contribution in [0.4, 0.5) is 0 Å². The Balaban J connectivity index is 5.73. The van der Waals surface area contributed by atoms with E-state index in [1.54, 1.807) is 13.8 Å². The molecule has 7 amide bonds. The number of carboxylic acids is 1. The van der Waals surface area contributed by atoms with Gasteiger partial charge in [-0.25, -0.2) is 4.79 Å². The van der Waals surface area contributed by atoms with Gasteiger partial charge in [0.25, 0.3) is 0 Å². The van der Waals surface area contributed by atoms with Gasteiger partial charge in [-0.1, -0.05) is 13.8 Å². The van der Waals surface area contributed by atoms with E-state index in [1.165, 1.54) is 11.8 Å². The number of carbonyl (C=O) groups is 8. The second-order valence-electron chi connectivity index (χ2n) is 13.3. The molecule has 0 aromatic heterocycles. The number of unbranched alkanes of at least 4 members (excludes halogenated alkanes) is 1. The summed E-state index contributed by atoms with van der Waals surface area (Å²) in [5, 5.41) is 26.7. The highest BCUT2D eigenvalue weighted by atomic mass is 32.2. The highest BCUT2D eigenvalue weighted by Crippen LogP contribution is 2.08. The number of thioether (sulfide) groups is 1. The first-order valence-electron chi connectivity index (χ1n) is 18.4. The number of hydrogen-bond acceptors (Lipinski definition) is 14. The summed E-state index contributed by atoms with van der Waals surface area (Å²) in [5.41, 5.74) is 22.1. The molecule has 21 nitrogen and oxygen atoms in total. The van der Waals surface area contributed by atoms with Crippen molar-refractivity contribution in [2.45, 2.75) is 95.0 Å². The molecule has 0 aliphatic rings. The normalized spacial score (nSPS) is 14.0. The lowest BCUT2D eigenvalue weighted by Gasteiger charge is -2.24. The Kier molecular flexibility index (Phi) is 28.0. The number of rotatable bonds is 30. The Morgan fingerprint density at radius 2 is 1.16 bits per heavy atom. The van der Waals surface area contributed by atoms with Crippen molar-refractivity contribution in [1.82, 2.24) is 37.2 Å². The minimum atomic E-state index is -1.29. The number of nitrogens with two attached hydrogens (primary N) is 4. The third kappa shape index (κ3) is 23.7. The maximum Gasteiger partial charge on any atom is 0.327 e. The Labute approximate surface area is 348 Å². The first-order chi connectivity index (χ1) is 26.9. The van der Waals surface area contributed by atoms with Crippen molar-refractivity contribution < 1.29 is 43.5 Å². The molecule has 0 aromatic carbocycles. The van der Waals surface area contributed by atoms with Crippen molar-refractivity contribution in [2.75, 3.05) is 49.7 Å². The number of nitrogens with one attached hydrogen (secondary N) is 7. The second kappa shape index (κ2) is 30.1. The van der Waals surface area contributed by atoms with Crippen LogP contribution in [0.3, 0.4) is 0 Å².